The van der Waals surface area contributed by atoms with Crippen LogP contribution in [0.15, 0.2) is 39.2 Å². The first-order valence-electron chi connectivity index (χ1n) is 8.47. The summed E-state index contributed by atoms with van der Waals surface area (Å²) in [5, 5.41) is 3.55. The average molecular weight is 377 g/mol. The highest BCUT2D eigenvalue weighted by atomic mass is 79.9. The molecule has 1 aromatic carbocycles. The zero-order chi connectivity index (χ0) is 16.2. The maximum atomic E-state index is 6.02. The van der Waals surface area contributed by atoms with E-state index in [4.69, 9.17) is 4.42 Å². The van der Waals surface area contributed by atoms with Gasteiger partial charge in [0, 0.05) is 22.6 Å². The number of halogens is 1. The van der Waals surface area contributed by atoms with Crippen molar-refractivity contribution in [3.05, 3.63) is 46.1 Å². The van der Waals surface area contributed by atoms with Gasteiger partial charge < -0.3 is 9.73 Å². The van der Waals surface area contributed by atoms with E-state index in [1.165, 1.54) is 24.9 Å². The smallest absolute Gasteiger partial charge is 0.134 e. The van der Waals surface area contributed by atoms with Crippen LogP contribution in [0.25, 0.3) is 11.3 Å². The molecule has 0 saturated carbocycles. The molecule has 1 atom stereocenters. The molecule has 3 rings (SSSR count). The first-order valence-corrected chi connectivity index (χ1v) is 9.26. The van der Waals surface area contributed by atoms with Crippen molar-refractivity contribution in [2.75, 3.05) is 19.6 Å². The lowest BCUT2D eigenvalue weighted by atomic mass is 10.1. The van der Waals surface area contributed by atoms with Gasteiger partial charge in [-0.05, 0) is 68.8 Å². The van der Waals surface area contributed by atoms with E-state index >= 15 is 0 Å². The monoisotopic (exact) mass is 376 g/mol. The van der Waals surface area contributed by atoms with Gasteiger partial charge in [-0.2, -0.15) is 0 Å². The number of likely N-dealkylation sites (tertiary alicyclic amines) is 1. The van der Waals surface area contributed by atoms with Crippen molar-refractivity contribution < 1.29 is 4.42 Å². The Hall–Kier alpha value is -1.10. The van der Waals surface area contributed by atoms with Gasteiger partial charge in [0.25, 0.3) is 0 Å². The van der Waals surface area contributed by atoms with Crippen molar-refractivity contribution in [2.45, 2.75) is 39.3 Å². The van der Waals surface area contributed by atoms with Crippen LogP contribution in [0.5, 0.6) is 0 Å². The van der Waals surface area contributed by atoms with Gasteiger partial charge in [0.2, 0.25) is 0 Å². The van der Waals surface area contributed by atoms with Gasteiger partial charge in [0.1, 0.15) is 11.5 Å². The zero-order valence-corrected chi connectivity index (χ0v) is 15.5. The summed E-state index contributed by atoms with van der Waals surface area (Å²) in [5.74, 6) is 1.95. The molecule has 0 spiro atoms. The fraction of sp³-hybridized carbons (Fsp3) is 0.474. The molecule has 2 aromatic rings. The molecule has 3 nitrogen and oxygen atoms in total. The van der Waals surface area contributed by atoms with Gasteiger partial charge in [-0.25, -0.2) is 0 Å². The third-order valence-corrected chi connectivity index (χ3v) is 5.19. The van der Waals surface area contributed by atoms with Gasteiger partial charge in [-0.15, -0.1) is 0 Å². The van der Waals surface area contributed by atoms with E-state index in [2.05, 4.69) is 70.3 Å². The summed E-state index contributed by atoms with van der Waals surface area (Å²) in [5.41, 5.74) is 2.38. The predicted molar refractivity (Wildman–Crippen MR) is 98.6 cm³/mol. The number of hydrogen-bond donors (Lipinski definition) is 1. The van der Waals surface area contributed by atoms with E-state index in [1.807, 2.05) is 0 Å². The van der Waals surface area contributed by atoms with Crippen LogP contribution in [0, 0.1) is 6.92 Å². The molecule has 124 valence electrons. The highest BCUT2D eigenvalue weighted by Gasteiger charge is 2.22. The highest BCUT2D eigenvalue weighted by Crippen LogP contribution is 2.27. The minimum absolute atomic E-state index is 0.683. The molecule has 0 amide bonds. The van der Waals surface area contributed by atoms with Crippen LogP contribution in [0.3, 0.4) is 0 Å². The van der Waals surface area contributed by atoms with Gasteiger partial charge >= 0.3 is 0 Å². The largest absolute Gasteiger partial charge is 0.460 e. The number of hydrogen-bond acceptors (Lipinski definition) is 3. The molecule has 0 unspecified atom stereocenters. The molecule has 0 bridgehead atoms. The second-order valence-electron chi connectivity index (χ2n) is 6.28. The number of nitrogens with zero attached hydrogens (tertiary/aromatic N) is 1. The van der Waals surface area contributed by atoms with Crippen LogP contribution < -0.4 is 5.32 Å². The van der Waals surface area contributed by atoms with Crippen LogP contribution in [0.1, 0.15) is 31.1 Å². The molecule has 1 aromatic heterocycles. The molecular weight excluding hydrogens is 352 g/mol. The predicted octanol–water partition coefficient (Wildman–Crippen LogP) is 4.59. The Morgan fingerprint density at radius 2 is 2.17 bits per heavy atom. The van der Waals surface area contributed by atoms with Gasteiger partial charge in [0.15, 0.2) is 0 Å². The number of rotatable bonds is 6. The Labute approximate surface area is 147 Å². The lowest BCUT2D eigenvalue weighted by molar-refractivity contribution is 0.258. The second-order valence-corrected chi connectivity index (χ2v) is 7.20. The maximum absolute atomic E-state index is 6.02. The molecule has 0 aliphatic carbocycles. The minimum atomic E-state index is 0.683. The van der Waals surface area contributed by atoms with E-state index in [-0.39, 0.29) is 0 Å². The fourth-order valence-electron chi connectivity index (χ4n) is 3.43. The minimum Gasteiger partial charge on any atom is -0.460 e. The quantitative estimate of drug-likeness (QED) is 0.798. The normalized spacial score (nSPS) is 18.7. The van der Waals surface area contributed by atoms with Crippen LogP contribution in [-0.4, -0.2) is 30.6 Å². The van der Waals surface area contributed by atoms with E-state index in [9.17, 15) is 0 Å². The Balaban J connectivity index is 1.57. The van der Waals surface area contributed by atoms with Crippen molar-refractivity contribution in [3.63, 3.8) is 0 Å². The van der Waals surface area contributed by atoms with Crippen LogP contribution >= 0.6 is 15.9 Å². The van der Waals surface area contributed by atoms with E-state index in [1.54, 1.807) is 0 Å². The summed E-state index contributed by atoms with van der Waals surface area (Å²) in [6.07, 6.45) is 2.64. The Kier molecular flexibility index (Phi) is 5.57. The van der Waals surface area contributed by atoms with E-state index in [0.29, 0.717) is 6.04 Å². The van der Waals surface area contributed by atoms with Crippen molar-refractivity contribution in [1.82, 2.24) is 10.2 Å². The Morgan fingerprint density at radius 1 is 1.30 bits per heavy atom. The van der Waals surface area contributed by atoms with Crippen molar-refractivity contribution in [2.24, 2.45) is 0 Å². The Bertz CT molecular complexity index is 653. The number of likely N-dealkylation sites (N-methyl/N-ethyl adjacent to an activating group) is 1. The molecule has 1 aliphatic heterocycles. The van der Waals surface area contributed by atoms with E-state index < -0.39 is 0 Å². The maximum Gasteiger partial charge on any atom is 0.134 e. The second kappa shape index (κ2) is 7.65. The highest BCUT2D eigenvalue weighted by molar-refractivity contribution is 9.10. The first kappa shape index (κ1) is 16.7. The molecule has 1 N–H and O–H groups in total. The van der Waals surface area contributed by atoms with Crippen LogP contribution in [-0.2, 0) is 6.54 Å². The number of furan rings is 1. The molecule has 1 fully saturated rings. The summed E-state index contributed by atoms with van der Waals surface area (Å²) in [7, 11) is 0. The van der Waals surface area contributed by atoms with E-state index in [0.717, 1.165) is 41.2 Å². The molecule has 1 aliphatic rings. The number of aryl methyl sites for hydroxylation is 1. The molecular formula is C19H25BrN2O. The van der Waals surface area contributed by atoms with Crippen molar-refractivity contribution in [3.8, 4) is 11.3 Å². The fourth-order valence-corrected chi connectivity index (χ4v) is 3.90. The van der Waals surface area contributed by atoms with Gasteiger partial charge in [0.05, 0.1) is 6.54 Å². The molecule has 1 saturated heterocycles. The van der Waals surface area contributed by atoms with Crippen LogP contribution in [0.2, 0.25) is 0 Å². The first-order chi connectivity index (χ1) is 11.2. The summed E-state index contributed by atoms with van der Waals surface area (Å²) < 4.78 is 7.12. The molecule has 2 heterocycles. The SMILES string of the molecule is CCN1CCC[C@H]1CNCc1ccc(-c2ccc(Br)cc2C)o1. The lowest BCUT2D eigenvalue weighted by Gasteiger charge is -2.22. The van der Waals surface area contributed by atoms with Gasteiger partial charge in [-0.3, -0.25) is 4.90 Å². The molecule has 23 heavy (non-hydrogen) atoms. The third-order valence-electron chi connectivity index (χ3n) is 4.70. The summed E-state index contributed by atoms with van der Waals surface area (Å²) in [6, 6.07) is 11.1. The number of nitrogens with one attached hydrogen (secondary N) is 1. The molecule has 0 radical (unpaired) electrons. The number of benzene rings is 1. The average Bonchev–Trinajstić information content (AvgIpc) is 3.16. The van der Waals surface area contributed by atoms with Crippen molar-refractivity contribution >= 4 is 15.9 Å². The van der Waals surface area contributed by atoms with Gasteiger partial charge in [-0.1, -0.05) is 22.9 Å². The van der Waals surface area contributed by atoms with Crippen molar-refractivity contribution in [1.29, 1.82) is 0 Å². The lowest BCUT2D eigenvalue weighted by Crippen LogP contribution is -2.37. The summed E-state index contributed by atoms with van der Waals surface area (Å²) in [6.45, 7) is 8.60. The molecule has 4 heteroatoms. The zero-order valence-electron chi connectivity index (χ0n) is 13.9. The Morgan fingerprint density at radius 3 is 2.96 bits per heavy atom. The topological polar surface area (TPSA) is 28.4 Å². The third kappa shape index (κ3) is 4.06. The summed E-state index contributed by atoms with van der Waals surface area (Å²) >= 11 is 3.51. The van der Waals surface area contributed by atoms with Crippen LogP contribution in [0.4, 0.5) is 0 Å². The standard InChI is InChI=1S/C19H25BrN2O/c1-3-22-10-4-5-16(22)12-21-13-17-7-9-19(23-17)18-8-6-15(20)11-14(18)2/h6-9,11,16,21H,3-5,10,12-13H2,1-2H3/t16-/m0/s1. The summed E-state index contributed by atoms with van der Waals surface area (Å²) in [4.78, 5) is 2.56.